The number of nitrogens with zero attached hydrogens (tertiary/aromatic N) is 2. The molecule has 0 bridgehead atoms. The van der Waals surface area contributed by atoms with Gasteiger partial charge in [-0.3, -0.25) is 0 Å². The normalized spacial score (nSPS) is 10.2. The van der Waals surface area contributed by atoms with Crippen LogP contribution in [0.1, 0.15) is 0 Å². The molecule has 1 heterocycles. The highest BCUT2D eigenvalue weighted by molar-refractivity contribution is 9.10. The zero-order chi connectivity index (χ0) is 9.26. The Balaban J connectivity index is 2.41. The summed E-state index contributed by atoms with van der Waals surface area (Å²) in [6.45, 7) is 0. The summed E-state index contributed by atoms with van der Waals surface area (Å²) < 4.78 is 5.16. The zero-order valence-corrected chi connectivity index (χ0v) is 8.15. The van der Waals surface area contributed by atoms with Crippen LogP contribution in [-0.2, 0) is 0 Å². The highest BCUT2D eigenvalue weighted by atomic mass is 79.9. The SMILES string of the molecule is Nc1ccc(-c2nnc(Br)o2)cc1. The summed E-state index contributed by atoms with van der Waals surface area (Å²) in [5, 5.41) is 7.50. The molecule has 0 unspecified atom stereocenters. The molecule has 0 fully saturated rings. The van der Waals surface area contributed by atoms with E-state index < -0.39 is 0 Å². The quantitative estimate of drug-likeness (QED) is 0.775. The minimum absolute atomic E-state index is 0.374. The first-order chi connectivity index (χ1) is 6.25. The summed E-state index contributed by atoms with van der Waals surface area (Å²) >= 11 is 3.08. The van der Waals surface area contributed by atoms with Crippen molar-refractivity contribution in [3.63, 3.8) is 0 Å². The Bertz CT molecular complexity index is 410. The molecule has 5 heteroatoms. The van der Waals surface area contributed by atoms with Crippen LogP contribution in [0, 0.1) is 0 Å². The lowest BCUT2D eigenvalue weighted by Crippen LogP contribution is -1.83. The van der Waals surface area contributed by atoms with Gasteiger partial charge in [0.25, 0.3) is 4.80 Å². The van der Waals surface area contributed by atoms with E-state index in [1.54, 1.807) is 12.1 Å². The van der Waals surface area contributed by atoms with E-state index >= 15 is 0 Å². The van der Waals surface area contributed by atoms with E-state index in [-0.39, 0.29) is 0 Å². The van der Waals surface area contributed by atoms with Crippen molar-refractivity contribution in [3.05, 3.63) is 29.1 Å². The zero-order valence-electron chi connectivity index (χ0n) is 6.57. The van der Waals surface area contributed by atoms with Crippen molar-refractivity contribution < 1.29 is 4.42 Å². The first kappa shape index (κ1) is 8.25. The summed E-state index contributed by atoms with van der Waals surface area (Å²) in [5.41, 5.74) is 7.10. The monoisotopic (exact) mass is 239 g/mol. The van der Waals surface area contributed by atoms with E-state index in [9.17, 15) is 0 Å². The Kier molecular flexibility index (Phi) is 2.02. The fraction of sp³-hybridized carbons (Fsp3) is 0. The largest absolute Gasteiger partial charge is 0.411 e. The molecule has 0 amide bonds. The van der Waals surface area contributed by atoms with Gasteiger partial charge in [0.1, 0.15) is 0 Å². The highest BCUT2D eigenvalue weighted by Gasteiger charge is 2.04. The Labute approximate surface area is 82.9 Å². The van der Waals surface area contributed by atoms with Crippen LogP contribution in [-0.4, -0.2) is 10.2 Å². The molecule has 0 aliphatic heterocycles. The van der Waals surface area contributed by atoms with Crippen molar-refractivity contribution >= 4 is 21.6 Å². The van der Waals surface area contributed by atoms with Gasteiger partial charge in [0, 0.05) is 27.2 Å². The van der Waals surface area contributed by atoms with Crippen LogP contribution in [0.3, 0.4) is 0 Å². The van der Waals surface area contributed by atoms with Crippen LogP contribution >= 0.6 is 15.9 Å². The maximum atomic E-state index is 5.53. The van der Waals surface area contributed by atoms with E-state index in [1.807, 2.05) is 12.1 Å². The number of halogens is 1. The summed E-state index contributed by atoms with van der Waals surface area (Å²) in [5.74, 6) is 0.479. The molecule has 4 nitrogen and oxygen atoms in total. The molecule has 66 valence electrons. The van der Waals surface area contributed by atoms with Gasteiger partial charge < -0.3 is 10.2 Å². The fourth-order valence-electron chi connectivity index (χ4n) is 0.948. The van der Waals surface area contributed by atoms with Crippen molar-refractivity contribution in [2.24, 2.45) is 0 Å². The maximum Gasteiger partial charge on any atom is 0.285 e. The third-order valence-corrected chi connectivity index (χ3v) is 1.88. The second-order valence-corrected chi connectivity index (χ2v) is 3.16. The molecule has 2 aromatic rings. The van der Waals surface area contributed by atoms with Crippen LogP contribution in [0.5, 0.6) is 0 Å². The lowest BCUT2D eigenvalue weighted by Gasteiger charge is -1.94. The summed E-state index contributed by atoms with van der Waals surface area (Å²) in [6, 6.07) is 7.23. The molecule has 0 saturated carbocycles. The van der Waals surface area contributed by atoms with Crippen LogP contribution < -0.4 is 5.73 Å². The van der Waals surface area contributed by atoms with Crippen molar-refractivity contribution in [2.45, 2.75) is 0 Å². The molecule has 0 spiro atoms. The van der Waals surface area contributed by atoms with Gasteiger partial charge in [0.05, 0.1) is 0 Å². The molecular weight excluding hydrogens is 234 g/mol. The number of hydrogen-bond donors (Lipinski definition) is 1. The molecular formula is C8H6BrN3O. The van der Waals surface area contributed by atoms with E-state index in [0.29, 0.717) is 16.4 Å². The molecule has 0 aliphatic carbocycles. The Morgan fingerprint density at radius 3 is 2.38 bits per heavy atom. The third-order valence-electron chi connectivity index (χ3n) is 1.56. The van der Waals surface area contributed by atoms with Gasteiger partial charge in [0.2, 0.25) is 5.89 Å². The molecule has 1 aromatic carbocycles. The number of anilines is 1. The van der Waals surface area contributed by atoms with E-state index in [2.05, 4.69) is 26.1 Å². The second kappa shape index (κ2) is 3.18. The van der Waals surface area contributed by atoms with E-state index in [1.165, 1.54) is 0 Å². The number of nitrogens with two attached hydrogens (primary N) is 1. The van der Waals surface area contributed by atoms with Crippen LogP contribution in [0.4, 0.5) is 5.69 Å². The highest BCUT2D eigenvalue weighted by Crippen LogP contribution is 2.20. The minimum Gasteiger partial charge on any atom is -0.411 e. The van der Waals surface area contributed by atoms with Gasteiger partial charge in [-0.2, -0.15) is 0 Å². The lowest BCUT2D eigenvalue weighted by atomic mass is 10.2. The number of rotatable bonds is 1. The standard InChI is InChI=1S/C8H6BrN3O/c9-8-12-11-7(13-8)5-1-3-6(10)4-2-5/h1-4H,10H2. The van der Waals surface area contributed by atoms with Gasteiger partial charge in [-0.05, 0) is 24.3 Å². The van der Waals surface area contributed by atoms with Crippen molar-refractivity contribution in [1.29, 1.82) is 0 Å². The molecule has 0 aliphatic rings. The van der Waals surface area contributed by atoms with Gasteiger partial charge in [-0.25, -0.2) is 0 Å². The molecule has 0 atom stereocenters. The molecule has 2 rings (SSSR count). The Hall–Kier alpha value is -1.36. The van der Waals surface area contributed by atoms with E-state index in [0.717, 1.165) is 5.56 Å². The lowest BCUT2D eigenvalue weighted by molar-refractivity contribution is 0.540. The maximum absolute atomic E-state index is 5.53. The van der Waals surface area contributed by atoms with E-state index in [4.69, 9.17) is 10.2 Å². The van der Waals surface area contributed by atoms with Crippen molar-refractivity contribution in [2.75, 3.05) is 5.73 Å². The first-order valence-electron chi connectivity index (χ1n) is 3.60. The summed E-state index contributed by atoms with van der Waals surface area (Å²) in [6.07, 6.45) is 0. The molecule has 0 radical (unpaired) electrons. The summed E-state index contributed by atoms with van der Waals surface area (Å²) in [7, 11) is 0. The number of hydrogen-bond acceptors (Lipinski definition) is 4. The number of aromatic nitrogens is 2. The summed E-state index contributed by atoms with van der Waals surface area (Å²) in [4.78, 5) is 0.374. The fourth-order valence-corrected chi connectivity index (χ4v) is 1.18. The second-order valence-electron chi connectivity index (χ2n) is 2.48. The van der Waals surface area contributed by atoms with Crippen molar-refractivity contribution in [3.8, 4) is 11.5 Å². The van der Waals surface area contributed by atoms with Crippen LogP contribution in [0.25, 0.3) is 11.5 Å². The molecule has 2 N–H and O–H groups in total. The van der Waals surface area contributed by atoms with Gasteiger partial charge >= 0.3 is 0 Å². The molecule has 1 aromatic heterocycles. The predicted molar refractivity (Wildman–Crippen MR) is 51.8 cm³/mol. The average Bonchev–Trinajstić information content (AvgIpc) is 2.53. The minimum atomic E-state index is 0.374. The van der Waals surface area contributed by atoms with Crippen LogP contribution in [0.15, 0.2) is 33.5 Å². The number of benzene rings is 1. The topological polar surface area (TPSA) is 64.9 Å². The Morgan fingerprint density at radius 2 is 1.85 bits per heavy atom. The number of nitrogen functional groups attached to an aromatic ring is 1. The Morgan fingerprint density at radius 1 is 1.15 bits per heavy atom. The van der Waals surface area contributed by atoms with Gasteiger partial charge in [-0.15, -0.1) is 10.2 Å². The van der Waals surface area contributed by atoms with Crippen LogP contribution in [0.2, 0.25) is 0 Å². The molecule has 13 heavy (non-hydrogen) atoms. The first-order valence-corrected chi connectivity index (χ1v) is 4.40. The molecule has 0 saturated heterocycles. The smallest absolute Gasteiger partial charge is 0.285 e. The van der Waals surface area contributed by atoms with Crippen molar-refractivity contribution in [1.82, 2.24) is 10.2 Å². The third kappa shape index (κ3) is 1.70. The predicted octanol–water partition coefficient (Wildman–Crippen LogP) is 2.08. The van der Waals surface area contributed by atoms with Gasteiger partial charge in [0.15, 0.2) is 0 Å². The van der Waals surface area contributed by atoms with Gasteiger partial charge in [-0.1, -0.05) is 0 Å². The average molecular weight is 240 g/mol.